The SMILES string of the molecule is CC(C)(C)C(=O)c1cccn1C1CC1. The number of aromatic nitrogens is 1. The van der Waals surface area contributed by atoms with E-state index in [0.717, 1.165) is 5.69 Å². The average Bonchev–Trinajstić information content (AvgIpc) is 2.81. The van der Waals surface area contributed by atoms with Crippen LogP contribution in [0.3, 0.4) is 0 Å². The summed E-state index contributed by atoms with van der Waals surface area (Å²) in [7, 11) is 0. The predicted molar refractivity (Wildman–Crippen MR) is 56.5 cm³/mol. The van der Waals surface area contributed by atoms with Gasteiger partial charge in [-0.05, 0) is 25.0 Å². The lowest BCUT2D eigenvalue weighted by Crippen LogP contribution is -2.22. The topological polar surface area (TPSA) is 22.0 Å². The summed E-state index contributed by atoms with van der Waals surface area (Å²) >= 11 is 0. The van der Waals surface area contributed by atoms with Crippen LogP contribution in [-0.2, 0) is 0 Å². The van der Waals surface area contributed by atoms with Gasteiger partial charge in [0.1, 0.15) is 0 Å². The second-order valence-electron chi connectivity index (χ2n) is 5.11. The van der Waals surface area contributed by atoms with Crippen molar-refractivity contribution in [1.29, 1.82) is 0 Å². The Bertz CT molecular complexity index is 353. The largest absolute Gasteiger partial charge is 0.342 e. The monoisotopic (exact) mass is 191 g/mol. The van der Waals surface area contributed by atoms with Crippen molar-refractivity contribution in [1.82, 2.24) is 4.57 Å². The van der Waals surface area contributed by atoms with Gasteiger partial charge in [-0.3, -0.25) is 4.79 Å². The molecule has 0 atom stereocenters. The highest BCUT2D eigenvalue weighted by atomic mass is 16.1. The molecule has 0 unspecified atom stereocenters. The second kappa shape index (κ2) is 2.97. The van der Waals surface area contributed by atoms with Gasteiger partial charge in [-0.2, -0.15) is 0 Å². The summed E-state index contributed by atoms with van der Waals surface area (Å²) in [5.74, 6) is 0.245. The zero-order valence-corrected chi connectivity index (χ0v) is 9.08. The minimum atomic E-state index is -0.273. The summed E-state index contributed by atoms with van der Waals surface area (Å²) in [5.41, 5.74) is 0.602. The number of ketones is 1. The zero-order valence-electron chi connectivity index (χ0n) is 9.08. The number of hydrogen-bond donors (Lipinski definition) is 0. The van der Waals surface area contributed by atoms with E-state index < -0.39 is 0 Å². The molecule has 14 heavy (non-hydrogen) atoms. The highest BCUT2D eigenvalue weighted by Gasteiger charge is 2.30. The molecule has 1 heterocycles. The quantitative estimate of drug-likeness (QED) is 0.658. The van der Waals surface area contributed by atoms with Crippen molar-refractivity contribution in [3.8, 4) is 0 Å². The van der Waals surface area contributed by atoms with Gasteiger partial charge in [0, 0.05) is 17.7 Å². The molecule has 0 N–H and O–H groups in total. The van der Waals surface area contributed by atoms with E-state index in [2.05, 4.69) is 4.57 Å². The molecule has 2 nitrogen and oxygen atoms in total. The lowest BCUT2D eigenvalue weighted by Gasteiger charge is -2.18. The van der Waals surface area contributed by atoms with Crippen LogP contribution < -0.4 is 0 Å². The van der Waals surface area contributed by atoms with E-state index in [4.69, 9.17) is 0 Å². The first kappa shape index (κ1) is 9.50. The summed E-state index contributed by atoms with van der Waals surface area (Å²) < 4.78 is 2.13. The van der Waals surface area contributed by atoms with Gasteiger partial charge in [-0.1, -0.05) is 20.8 Å². The van der Waals surface area contributed by atoms with Crippen molar-refractivity contribution in [3.63, 3.8) is 0 Å². The first-order chi connectivity index (χ1) is 6.50. The zero-order chi connectivity index (χ0) is 10.3. The predicted octanol–water partition coefficient (Wildman–Crippen LogP) is 3.05. The van der Waals surface area contributed by atoms with E-state index in [1.807, 2.05) is 39.1 Å². The Morgan fingerprint density at radius 1 is 1.43 bits per heavy atom. The highest BCUT2D eigenvalue weighted by molar-refractivity contribution is 5.98. The average molecular weight is 191 g/mol. The number of carbonyl (C=O) groups is 1. The van der Waals surface area contributed by atoms with Gasteiger partial charge in [0.05, 0.1) is 5.69 Å². The van der Waals surface area contributed by atoms with Crippen LogP contribution in [0, 0.1) is 5.41 Å². The molecule has 1 aromatic heterocycles. The van der Waals surface area contributed by atoms with Crippen LogP contribution in [0.15, 0.2) is 18.3 Å². The maximum atomic E-state index is 12.1. The molecular weight excluding hydrogens is 174 g/mol. The van der Waals surface area contributed by atoms with Gasteiger partial charge < -0.3 is 4.57 Å². The number of Topliss-reactive ketones (excluding diaryl/α,β-unsaturated/α-hetero) is 1. The molecule has 2 heteroatoms. The van der Waals surface area contributed by atoms with Crippen LogP contribution in [-0.4, -0.2) is 10.4 Å². The third-order valence-corrected chi connectivity index (χ3v) is 2.63. The molecule has 0 amide bonds. The van der Waals surface area contributed by atoms with Crippen molar-refractivity contribution in [2.45, 2.75) is 39.7 Å². The van der Waals surface area contributed by atoms with Gasteiger partial charge in [0.25, 0.3) is 0 Å². The molecule has 1 aromatic rings. The first-order valence-corrected chi connectivity index (χ1v) is 5.22. The van der Waals surface area contributed by atoms with Crippen LogP contribution in [0.4, 0.5) is 0 Å². The summed E-state index contributed by atoms with van der Waals surface area (Å²) in [6.45, 7) is 5.92. The van der Waals surface area contributed by atoms with Crippen molar-refractivity contribution >= 4 is 5.78 Å². The van der Waals surface area contributed by atoms with E-state index in [1.54, 1.807) is 0 Å². The number of rotatable bonds is 2. The minimum absolute atomic E-state index is 0.245. The maximum Gasteiger partial charge on any atom is 0.184 e. The Morgan fingerprint density at radius 2 is 2.07 bits per heavy atom. The third-order valence-electron chi connectivity index (χ3n) is 2.63. The molecule has 0 bridgehead atoms. The van der Waals surface area contributed by atoms with Gasteiger partial charge in [-0.15, -0.1) is 0 Å². The fourth-order valence-electron chi connectivity index (χ4n) is 1.64. The Hall–Kier alpha value is -1.05. The van der Waals surface area contributed by atoms with E-state index in [1.165, 1.54) is 12.8 Å². The van der Waals surface area contributed by atoms with Crippen LogP contribution >= 0.6 is 0 Å². The van der Waals surface area contributed by atoms with E-state index in [-0.39, 0.29) is 11.2 Å². The number of carbonyl (C=O) groups excluding carboxylic acids is 1. The smallest absolute Gasteiger partial charge is 0.184 e. The van der Waals surface area contributed by atoms with E-state index in [9.17, 15) is 4.79 Å². The Kier molecular flexibility index (Phi) is 2.02. The third kappa shape index (κ3) is 1.61. The van der Waals surface area contributed by atoms with E-state index in [0.29, 0.717) is 6.04 Å². The normalized spacial score (nSPS) is 17.1. The number of hydrogen-bond acceptors (Lipinski definition) is 1. The Morgan fingerprint density at radius 3 is 2.57 bits per heavy atom. The lowest BCUT2D eigenvalue weighted by molar-refractivity contribution is 0.0848. The summed E-state index contributed by atoms with van der Waals surface area (Å²) in [4.78, 5) is 12.1. The molecule has 0 saturated heterocycles. The van der Waals surface area contributed by atoms with Crippen LogP contribution in [0.1, 0.15) is 50.1 Å². The van der Waals surface area contributed by atoms with Gasteiger partial charge in [-0.25, -0.2) is 0 Å². The van der Waals surface area contributed by atoms with Gasteiger partial charge >= 0.3 is 0 Å². The highest BCUT2D eigenvalue weighted by Crippen LogP contribution is 2.37. The first-order valence-electron chi connectivity index (χ1n) is 5.22. The number of nitrogens with zero attached hydrogens (tertiary/aromatic N) is 1. The molecule has 0 spiro atoms. The van der Waals surface area contributed by atoms with Crippen LogP contribution in [0.2, 0.25) is 0 Å². The minimum Gasteiger partial charge on any atom is -0.342 e. The van der Waals surface area contributed by atoms with Crippen molar-refractivity contribution < 1.29 is 4.79 Å². The second-order valence-corrected chi connectivity index (χ2v) is 5.11. The van der Waals surface area contributed by atoms with Crippen molar-refractivity contribution in [2.75, 3.05) is 0 Å². The molecule has 1 aliphatic rings. The molecule has 2 rings (SSSR count). The maximum absolute atomic E-state index is 12.1. The molecule has 0 aliphatic heterocycles. The molecular formula is C12H17NO. The molecule has 1 aliphatic carbocycles. The van der Waals surface area contributed by atoms with Crippen LogP contribution in [0.25, 0.3) is 0 Å². The lowest BCUT2D eigenvalue weighted by atomic mass is 9.89. The molecule has 76 valence electrons. The summed E-state index contributed by atoms with van der Waals surface area (Å²) in [5, 5.41) is 0. The van der Waals surface area contributed by atoms with Gasteiger partial charge in [0.2, 0.25) is 0 Å². The Labute approximate surface area is 84.9 Å². The molecule has 0 aromatic carbocycles. The van der Waals surface area contributed by atoms with Crippen molar-refractivity contribution in [3.05, 3.63) is 24.0 Å². The Balaban J connectivity index is 2.31. The fraction of sp³-hybridized carbons (Fsp3) is 0.583. The van der Waals surface area contributed by atoms with E-state index >= 15 is 0 Å². The molecule has 1 fully saturated rings. The van der Waals surface area contributed by atoms with Crippen LogP contribution in [0.5, 0.6) is 0 Å². The molecule has 1 saturated carbocycles. The standard InChI is InChI=1S/C12H17NO/c1-12(2,3)11(14)10-5-4-8-13(10)9-6-7-9/h4-5,8-9H,6-7H2,1-3H3. The van der Waals surface area contributed by atoms with Gasteiger partial charge in [0.15, 0.2) is 5.78 Å². The summed E-state index contributed by atoms with van der Waals surface area (Å²) in [6, 6.07) is 4.50. The van der Waals surface area contributed by atoms with Crippen molar-refractivity contribution in [2.24, 2.45) is 5.41 Å². The fourth-order valence-corrected chi connectivity index (χ4v) is 1.64. The summed E-state index contributed by atoms with van der Waals surface area (Å²) in [6.07, 6.45) is 4.47. The molecule has 0 radical (unpaired) electrons.